The zero-order valence-corrected chi connectivity index (χ0v) is 22.1. The lowest BCUT2D eigenvalue weighted by atomic mass is 9.91. The largest absolute Gasteiger partial charge is 0.455 e. The fourth-order valence-electron chi connectivity index (χ4n) is 4.12. The molecule has 0 aromatic carbocycles. The first kappa shape index (κ1) is 25.1. The zero-order valence-electron chi connectivity index (χ0n) is 21.3. The smallest absolute Gasteiger partial charge is 0.222 e. The summed E-state index contributed by atoms with van der Waals surface area (Å²) in [6.07, 6.45) is 3.13. The van der Waals surface area contributed by atoms with E-state index >= 15 is 0 Å². The van der Waals surface area contributed by atoms with E-state index in [0.29, 0.717) is 47.1 Å². The van der Waals surface area contributed by atoms with Crippen LogP contribution >= 0.6 is 11.3 Å². The van der Waals surface area contributed by atoms with Crippen molar-refractivity contribution < 1.29 is 19.0 Å². The summed E-state index contributed by atoms with van der Waals surface area (Å²) in [6.45, 7) is 9.01. The number of amides is 1. The number of fused-ring (bicyclic) bond motifs is 1. The van der Waals surface area contributed by atoms with Gasteiger partial charge in [0, 0.05) is 49.5 Å². The molecule has 1 aliphatic heterocycles. The molecular weight excluding hydrogens is 494 g/mol. The first-order chi connectivity index (χ1) is 17.7. The summed E-state index contributed by atoms with van der Waals surface area (Å²) in [6, 6.07) is 7.29. The number of thiazole rings is 1. The highest BCUT2D eigenvalue weighted by Gasteiger charge is 2.34. The summed E-state index contributed by atoms with van der Waals surface area (Å²) in [4.78, 5) is 24.5. The number of carbonyl (C=O) groups excluding carboxylic acids is 1. The van der Waals surface area contributed by atoms with Gasteiger partial charge < -0.3 is 24.8 Å². The molecule has 37 heavy (non-hydrogen) atoms. The van der Waals surface area contributed by atoms with Crippen molar-refractivity contribution >= 4 is 44.4 Å². The molecule has 5 heterocycles. The normalized spacial score (nSPS) is 17.8. The number of nitrogens with zero attached hydrogens (tertiary/aromatic N) is 5. The van der Waals surface area contributed by atoms with Gasteiger partial charge in [-0.05, 0) is 6.07 Å². The van der Waals surface area contributed by atoms with E-state index in [1.54, 1.807) is 31.6 Å². The van der Waals surface area contributed by atoms with Gasteiger partial charge in [-0.15, -0.1) is 0 Å². The van der Waals surface area contributed by atoms with Gasteiger partial charge in [0.2, 0.25) is 5.91 Å². The lowest BCUT2D eigenvalue weighted by Gasteiger charge is -2.25. The number of pyridine rings is 2. The minimum absolute atomic E-state index is 0.00543. The molecule has 5 rings (SSSR count). The van der Waals surface area contributed by atoms with Gasteiger partial charge in [0.05, 0.1) is 24.1 Å². The SMILES string of the molecule is CO[C@@H]1COC[C@H]1n1nc(Nc2nc3ncc(Oc4ccnc(NC(C)=O)c4)cc3s2)cc1C(C)(C)C. The van der Waals surface area contributed by atoms with Crippen LogP contribution in [0.5, 0.6) is 11.5 Å². The van der Waals surface area contributed by atoms with Gasteiger partial charge in [-0.25, -0.2) is 9.97 Å². The van der Waals surface area contributed by atoms with Crippen LogP contribution in [0.4, 0.5) is 16.8 Å². The molecule has 0 bridgehead atoms. The average Bonchev–Trinajstić information content (AvgIpc) is 3.55. The van der Waals surface area contributed by atoms with Gasteiger partial charge in [0.1, 0.15) is 29.5 Å². The van der Waals surface area contributed by atoms with Crippen molar-refractivity contribution in [2.45, 2.75) is 45.3 Å². The lowest BCUT2D eigenvalue weighted by Crippen LogP contribution is -2.29. The van der Waals surface area contributed by atoms with Crippen molar-refractivity contribution in [2.75, 3.05) is 31.0 Å². The van der Waals surface area contributed by atoms with Gasteiger partial charge in [-0.2, -0.15) is 10.1 Å². The summed E-state index contributed by atoms with van der Waals surface area (Å²) in [5.74, 6) is 2.00. The van der Waals surface area contributed by atoms with Crippen molar-refractivity contribution in [3.8, 4) is 11.5 Å². The highest BCUT2D eigenvalue weighted by molar-refractivity contribution is 7.22. The molecule has 0 radical (unpaired) electrons. The topological polar surface area (TPSA) is 125 Å². The molecule has 2 atom stereocenters. The first-order valence-electron chi connectivity index (χ1n) is 11.9. The Morgan fingerprint density at radius 3 is 2.76 bits per heavy atom. The molecule has 4 aromatic heterocycles. The van der Waals surface area contributed by atoms with Crippen LogP contribution in [0.3, 0.4) is 0 Å². The third kappa shape index (κ3) is 5.55. The minimum atomic E-state index is -0.202. The van der Waals surface area contributed by atoms with E-state index in [-0.39, 0.29) is 23.5 Å². The number of carbonyl (C=O) groups is 1. The zero-order chi connectivity index (χ0) is 26.2. The molecule has 0 saturated carbocycles. The molecule has 1 saturated heterocycles. The van der Waals surface area contributed by atoms with Crippen molar-refractivity contribution in [3.05, 3.63) is 42.4 Å². The summed E-state index contributed by atoms with van der Waals surface area (Å²) in [7, 11) is 1.70. The maximum atomic E-state index is 11.3. The van der Waals surface area contributed by atoms with Gasteiger partial charge in [0.15, 0.2) is 16.6 Å². The van der Waals surface area contributed by atoms with Crippen LogP contribution in [0.25, 0.3) is 10.3 Å². The fourth-order valence-corrected chi connectivity index (χ4v) is 4.99. The Bertz CT molecular complexity index is 1430. The Balaban J connectivity index is 1.37. The fraction of sp³-hybridized carbons (Fsp3) is 0.400. The summed E-state index contributed by atoms with van der Waals surface area (Å²) >= 11 is 1.46. The van der Waals surface area contributed by atoms with Crippen LogP contribution in [0.15, 0.2) is 36.7 Å². The van der Waals surface area contributed by atoms with Crippen molar-refractivity contribution in [3.63, 3.8) is 0 Å². The maximum absolute atomic E-state index is 11.3. The van der Waals surface area contributed by atoms with Crippen molar-refractivity contribution in [2.24, 2.45) is 0 Å². The second kappa shape index (κ2) is 10.0. The van der Waals surface area contributed by atoms with Crippen LogP contribution in [0.1, 0.15) is 39.4 Å². The second-order valence-corrected chi connectivity index (χ2v) is 10.8. The van der Waals surface area contributed by atoms with Gasteiger partial charge in [-0.1, -0.05) is 32.1 Å². The lowest BCUT2D eigenvalue weighted by molar-refractivity contribution is -0.114. The Morgan fingerprint density at radius 2 is 2.00 bits per heavy atom. The van der Waals surface area contributed by atoms with E-state index in [1.807, 2.05) is 10.7 Å². The Hall–Kier alpha value is -3.61. The van der Waals surface area contributed by atoms with E-state index < -0.39 is 0 Å². The molecule has 1 fully saturated rings. The second-order valence-electron chi connectivity index (χ2n) is 9.79. The van der Waals surface area contributed by atoms with E-state index in [2.05, 4.69) is 52.4 Å². The molecule has 2 N–H and O–H groups in total. The predicted octanol–water partition coefficient (Wildman–Crippen LogP) is 4.66. The van der Waals surface area contributed by atoms with Crippen LogP contribution in [-0.2, 0) is 19.7 Å². The van der Waals surface area contributed by atoms with Gasteiger partial charge in [0.25, 0.3) is 0 Å². The molecule has 0 aliphatic carbocycles. The highest BCUT2D eigenvalue weighted by Crippen LogP contribution is 2.35. The van der Waals surface area contributed by atoms with Crippen LogP contribution < -0.4 is 15.4 Å². The standard InChI is InChI=1S/C25H29N7O4S/c1-14(33)28-21-9-15(6-7-26-21)36-16-8-19-23(27-11-16)30-24(37-19)29-22-10-20(25(2,3)4)32(31-22)17-12-35-13-18(17)34-5/h6-11,17-18H,12-13H2,1-5H3,(H,26,28,33)(H,27,29,30,31)/t17-,18-/m1/s1. The maximum Gasteiger partial charge on any atom is 0.222 e. The molecular formula is C25H29N7O4S. The molecule has 0 spiro atoms. The van der Waals surface area contributed by atoms with E-state index in [1.165, 1.54) is 18.3 Å². The van der Waals surface area contributed by atoms with Crippen LogP contribution in [0, 0.1) is 0 Å². The number of rotatable bonds is 7. The number of methoxy groups -OCH3 is 1. The van der Waals surface area contributed by atoms with Crippen molar-refractivity contribution in [1.29, 1.82) is 0 Å². The van der Waals surface area contributed by atoms with Crippen molar-refractivity contribution in [1.82, 2.24) is 24.7 Å². The van der Waals surface area contributed by atoms with Gasteiger partial charge >= 0.3 is 0 Å². The van der Waals surface area contributed by atoms with E-state index in [9.17, 15) is 4.79 Å². The third-order valence-corrected chi connectivity index (χ3v) is 6.76. The average molecular weight is 524 g/mol. The minimum Gasteiger partial charge on any atom is -0.455 e. The van der Waals surface area contributed by atoms with Crippen LogP contribution in [-0.4, -0.2) is 57.1 Å². The monoisotopic (exact) mass is 523 g/mol. The number of ether oxygens (including phenoxy) is 3. The summed E-state index contributed by atoms with van der Waals surface area (Å²) < 4.78 is 20.1. The number of hydrogen-bond acceptors (Lipinski definition) is 10. The highest BCUT2D eigenvalue weighted by atomic mass is 32.1. The number of nitrogens with one attached hydrogen (secondary N) is 2. The van der Waals surface area contributed by atoms with Crippen LogP contribution in [0.2, 0.25) is 0 Å². The quantitative estimate of drug-likeness (QED) is 0.356. The molecule has 4 aromatic rings. The number of hydrogen-bond donors (Lipinski definition) is 2. The number of anilines is 3. The van der Waals surface area contributed by atoms with E-state index in [0.717, 1.165) is 10.4 Å². The Kier molecular flexibility index (Phi) is 6.80. The molecule has 0 unspecified atom stereocenters. The predicted molar refractivity (Wildman–Crippen MR) is 141 cm³/mol. The summed E-state index contributed by atoms with van der Waals surface area (Å²) in [5.41, 5.74) is 1.56. The first-order valence-corrected chi connectivity index (χ1v) is 12.7. The molecule has 11 nitrogen and oxygen atoms in total. The molecule has 1 amide bonds. The Labute approximate surface area is 218 Å². The molecule has 194 valence electrons. The summed E-state index contributed by atoms with van der Waals surface area (Å²) in [5, 5.41) is 11.5. The van der Waals surface area contributed by atoms with Gasteiger partial charge in [-0.3, -0.25) is 9.48 Å². The number of aromatic nitrogens is 5. The Morgan fingerprint density at radius 1 is 1.16 bits per heavy atom. The third-order valence-electron chi connectivity index (χ3n) is 5.85. The molecule has 12 heteroatoms. The molecule has 1 aliphatic rings. The van der Waals surface area contributed by atoms with E-state index in [4.69, 9.17) is 19.3 Å².